The lowest BCUT2D eigenvalue weighted by Gasteiger charge is -2.18. The first kappa shape index (κ1) is 17.4. The van der Waals surface area contributed by atoms with Crippen molar-refractivity contribution in [3.05, 3.63) is 48.0 Å². The van der Waals surface area contributed by atoms with Crippen molar-refractivity contribution in [3.8, 4) is 11.5 Å². The molecule has 0 aliphatic carbocycles. The van der Waals surface area contributed by atoms with Gasteiger partial charge in [0.05, 0.1) is 5.75 Å². The van der Waals surface area contributed by atoms with Gasteiger partial charge in [-0.05, 0) is 42.5 Å². The molecule has 130 valence electrons. The first-order valence-electron chi connectivity index (χ1n) is 8.11. The molecule has 0 radical (unpaired) electrons. The third kappa shape index (κ3) is 4.54. The van der Waals surface area contributed by atoms with Crippen LogP contribution in [-0.4, -0.2) is 30.7 Å². The van der Waals surface area contributed by atoms with E-state index >= 15 is 0 Å². The molecule has 25 heavy (non-hydrogen) atoms. The fourth-order valence-corrected chi connectivity index (χ4v) is 3.15. The molecule has 1 aliphatic rings. The standard InChI is InChI=1S/C19H19NO4S/c1-2-19(22)20-14-5-3-13(4-6-14)16(21)12-25-15-7-8-17-18(11-15)24-10-9-23-17/h3-8,11H,2,9-10,12H2,1H3,(H,20,22). The highest BCUT2D eigenvalue weighted by atomic mass is 32.2. The maximum atomic E-state index is 12.3. The van der Waals surface area contributed by atoms with Crippen molar-refractivity contribution in [1.29, 1.82) is 0 Å². The maximum Gasteiger partial charge on any atom is 0.224 e. The molecule has 2 aromatic rings. The Morgan fingerprint density at radius 1 is 1.04 bits per heavy atom. The largest absolute Gasteiger partial charge is 0.486 e. The number of anilines is 1. The SMILES string of the molecule is CCC(=O)Nc1ccc(C(=O)CSc2ccc3c(c2)OCCO3)cc1. The van der Waals surface area contributed by atoms with Crippen molar-refractivity contribution in [3.63, 3.8) is 0 Å². The van der Waals surface area contributed by atoms with Crippen LogP contribution in [0.1, 0.15) is 23.7 Å². The van der Waals surface area contributed by atoms with Gasteiger partial charge < -0.3 is 14.8 Å². The van der Waals surface area contributed by atoms with Gasteiger partial charge in [-0.2, -0.15) is 0 Å². The molecule has 0 atom stereocenters. The van der Waals surface area contributed by atoms with Crippen LogP contribution in [0.25, 0.3) is 0 Å². The summed E-state index contributed by atoms with van der Waals surface area (Å²) < 4.78 is 11.0. The van der Waals surface area contributed by atoms with Crippen LogP contribution in [0.4, 0.5) is 5.69 Å². The molecular formula is C19H19NO4S. The van der Waals surface area contributed by atoms with Gasteiger partial charge in [0.1, 0.15) is 13.2 Å². The number of hydrogen-bond acceptors (Lipinski definition) is 5. The molecule has 0 saturated heterocycles. The Hall–Kier alpha value is -2.47. The zero-order chi connectivity index (χ0) is 17.6. The fraction of sp³-hybridized carbons (Fsp3) is 0.263. The lowest BCUT2D eigenvalue weighted by atomic mass is 10.1. The second kappa shape index (κ2) is 8.07. The van der Waals surface area contributed by atoms with E-state index in [1.165, 1.54) is 11.8 Å². The highest BCUT2D eigenvalue weighted by Gasteiger charge is 2.13. The number of carbonyl (C=O) groups excluding carboxylic acids is 2. The Bertz CT molecular complexity index is 773. The van der Waals surface area contributed by atoms with Gasteiger partial charge in [0.25, 0.3) is 0 Å². The minimum absolute atomic E-state index is 0.0354. The number of fused-ring (bicyclic) bond motifs is 1. The summed E-state index contributed by atoms with van der Waals surface area (Å²) in [6, 6.07) is 12.7. The third-order valence-corrected chi connectivity index (χ3v) is 4.69. The number of ether oxygens (including phenoxy) is 2. The van der Waals surface area contributed by atoms with Gasteiger partial charge in [0.2, 0.25) is 5.91 Å². The van der Waals surface area contributed by atoms with Crippen LogP contribution < -0.4 is 14.8 Å². The first-order chi connectivity index (χ1) is 12.2. The Morgan fingerprint density at radius 3 is 2.48 bits per heavy atom. The molecule has 0 bridgehead atoms. The van der Waals surface area contributed by atoms with Crippen LogP contribution in [0.2, 0.25) is 0 Å². The van der Waals surface area contributed by atoms with E-state index in [4.69, 9.17) is 9.47 Å². The van der Waals surface area contributed by atoms with E-state index in [9.17, 15) is 9.59 Å². The van der Waals surface area contributed by atoms with Gasteiger partial charge in [-0.15, -0.1) is 11.8 Å². The molecule has 0 saturated carbocycles. The quantitative estimate of drug-likeness (QED) is 0.630. The predicted molar refractivity (Wildman–Crippen MR) is 97.8 cm³/mol. The average Bonchev–Trinajstić information content (AvgIpc) is 2.66. The first-order valence-corrected chi connectivity index (χ1v) is 9.10. The lowest BCUT2D eigenvalue weighted by Crippen LogP contribution is -2.15. The molecule has 0 spiro atoms. The normalized spacial score (nSPS) is 12.5. The molecule has 1 N–H and O–H groups in total. The van der Waals surface area contributed by atoms with Crippen molar-refractivity contribution in [2.75, 3.05) is 24.3 Å². The van der Waals surface area contributed by atoms with Gasteiger partial charge >= 0.3 is 0 Å². The molecule has 0 unspecified atom stereocenters. The number of ketones is 1. The van der Waals surface area contributed by atoms with Crippen molar-refractivity contribution >= 4 is 29.1 Å². The van der Waals surface area contributed by atoms with Crippen molar-refractivity contribution in [2.45, 2.75) is 18.2 Å². The minimum Gasteiger partial charge on any atom is -0.486 e. The number of carbonyl (C=O) groups is 2. The van der Waals surface area contributed by atoms with Gasteiger partial charge in [-0.1, -0.05) is 6.92 Å². The number of amides is 1. The van der Waals surface area contributed by atoms with Crippen LogP contribution in [-0.2, 0) is 4.79 Å². The van der Waals surface area contributed by atoms with Crippen molar-refractivity contribution < 1.29 is 19.1 Å². The van der Waals surface area contributed by atoms with Crippen molar-refractivity contribution in [1.82, 2.24) is 0 Å². The van der Waals surface area contributed by atoms with Crippen LogP contribution >= 0.6 is 11.8 Å². The summed E-state index contributed by atoms with van der Waals surface area (Å²) in [6.07, 6.45) is 0.423. The monoisotopic (exact) mass is 357 g/mol. The molecule has 3 rings (SSSR count). The van der Waals surface area contributed by atoms with Gasteiger partial charge in [0, 0.05) is 22.6 Å². The van der Waals surface area contributed by atoms with E-state index in [-0.39, 0.29) is 11.7 Å². The highest BCUT2D eigenvalue weighted by molar-refractivity contribution is 8.00. The van der Waals surface area contributed by atoms with Gasteiger partial charge in [-0.3, -0.25) is 9.59 Å². The summed E-state index contributed by atoms with van der Waals surface area (Å²) in [5.74, 6) is 1.79. The van der Waals surface area contributed by atoms with Gasteiger partial charge in [0.15, 0.2) is 17.3 Å². The van der Waals surface area contributed by atoms with Gasteiger partial charge in [-0.25, -0.2) is 0 Å². The van der Waals surface area contributed by atoms with E-state index < -0.39 is 0 Å². The van der Waals surface area contributed by atoms with Crippen LogP contribution in [0.3, 0.4) is 0 Å². The minimum atomic E-state index is -0.0479. The summed E-state index contributed by atoms with van der Waals surface area (Å²) >= 11 is 1.46. The zero-order valence-electron chi connectivity index (χ0n) is 13.9. The molecule has 1 amide bonds. The van der Waals surface area contributed by atoms with Crippen LogP contribution in [0, 0.1) is 0 Å². The molecule has 0 aromatic heterocycles. The molecule has 1 aliphatic heterocycles. The van der Waals surface area contributed by atoms with Crippen molar-refractivity contribution in [2.24, 2.45) is 0 Å². The summed E-state index contributed by atoms with van der Waals surface area (Å²) in [7, 11) is 0. The van der Waals surface area contributed by atoms with Crippen LogP contribution in [0.15, 0.2) is 47.4 Å². The van der Waals surface area contributed by atoms with E-state index in [2.05, 4.69) is 5.32 Å². The van der Waals surface area contributed by atoms with E-state index in [1.807, 2.05) is 18.2 Å². The van der Waals surface area contributed by atoms with E-state index in [0.29, 0.717) is 36.6 Å². The summed E-state index contributed by atoms with van der Waals surface area (Å²) in [4.78, 5) is 24.7. The number of rotatable bonds is 6. The smallest absolute Gasteiger partial charge is 0.224 e. The predicted octanol–water partition coefficient (Wildman–Crippen LogP) is 3.78. The zero-order valence-corrected chi connectivity index (χ0v) is 14.7. The number of Topliss-reactive ketones (excluding diaryl/α,β-unsaturated/α-hetero) is 1. The van der Waals surface area contributed by atoms with E-state index in [1.54, 1.807) is 31.2 Å². The summed E-state index contributed by atoms with van der Waals surface area (Å²) in [5.41, 5.74) is 1.32. The number of thioether (sulfide) groups is 1. The lowest BCUT2D eigenvalue weighted by molar-refractivity contribution is -0.115. The fourth-order valence-electron chi connectivity index (χ4n) is 2.33. The molecule has 5 nitrogen and oxygen atoms in total. The Balaban J connectivity index is 1.58. The second-order valence-corrected chi connectivity index (χ2v) is 6.55. The van der Waals surface area contributed by atoms with Crippen LogP contribution in [0.5, 0.6) is 11.5 Å². The second-order valence-electron chi connectivity index (χ2n) is 5.50. The molecule has 6 heteroatoms. The topological polar surface area (TPSA) is 64.6 Å². The average molecular weight is 357 g/mol. The summed E-state index contributed by atoms with van der Waals surface area (Å²) in [6.45, 7) is 2.90. The van der Waals surface area contributed by atoms with E-state index in [0.717, 1.165) is 16.4 Å². The molecule has 1 heterocycles. The number of nitrogens with one attached hydrogen (secondary N) is 1. The number of hydrogen-bond donors (Lipinski definition) is 1. The highest BCUT2D eigenvalue weighted by Crippen LogP contribution is 2.34. The molecular weight excluding hydrogens is 338 g/mol. The number of benzene rings is 2. The Kier molecular flexibility index (Phi) is 5.60. The summed E-state index contributed by atoms with van der Waals surface area (Å²) in [5, 5.41) is 2.76. The maximum absolute atomic E-state index is 12.3. The Morgan fingerprint density at radius 2 is 1.76 bits per heavy atom. The Labute approximate surface area is 150 Å². The third-order valence-electron chi connectivity index (χ3n) is 3.70. The molecule has 2 aromatic carbocycles. The molecule has 0 fully saturated rings.